The van der Waals surface area contributed by atoms with Gasteiger partial charge in [-0.3, -0.25) is 0 Å². The number of aromatic nitrogens is 1. The lowest BCUT2D eigenvalue weighted by atomic mass is 10.2. The molecule has 1 N–H and O–H groups in total. The maximum absolute atomic E-state index is 10.7. The molecule has 1 heterocycles. The second-order valence-electron chi connectivity index (χ2n) is 3.80. The minimum absolute atomic E-state index is 0.198. The molecular weight excluding hydrogens is 220 g/mol. The van der Waals surface area contributed by atoms with E-state index in [2.05, 4.69) is 9.88 Å². The third-order valence-corrected chi connectivity index (χ3v) is 2.57. The summed E-state index contributed by atoms with van der Waals surface area (Å²) in [7, 11) is 1.66. The van der Waals surface area contributed by atoms with Crippen molar-refractivity contribution in [2.24, 2.45) is 0 Å². The molecule has 0 bridgehead atoms. The standard InChI is InChI=1S/C12H18N2O3/c1-4-14(9(2)8-17-3)11-6-5-10(7-13-11)12(15)16/h5-7,9H,4,8H2,1-3H3,(H,15,16). The molecule has 0 aliphatic rings. The normalized spacial score (nSPS) is 12.2. The highest BCUT2D eigenvalue weighted by Gasteiger charge is 2.14. The summed E-state index contributed by atoms with van der Waals surface area (Å²) in [5.74, 6) is -0.195. The van der Waals surface area contributed by atoms with Crippen molar-refractivity contribution < 1.29 is 14.6 Å². The summed E-state index contributed by atoms with van der Waals surface area (Å²) in [5, 5.41) is 8.79. The zero-order chi connectivity index (χ0) is 12.8. The highest BCUT2D eigenvalue weighted by atomic mass is 16.5. The Morgan fingerprint density at radius 1 is 1.59 bits per heavy atom. The Morgan fingerprint density at radius 2 is 2.29 bits per heavy atom. The molecule has 0 aliphatic heterocycles. The van der Waals surface area contributed by atoms with Crippen LogP contribution in [0.2, 0.25) is 0 Å². The van der Waals surface area contributed by atoms with Crippen LogP contribution in [0, 0.1) is 0 Å². The molecule has 1 aromatic rings. The number of pyridine rings is 1. The number of carboxylic acid groups (broad SMARTS) is 1. The quantitative estimate of drug-likeness (QED) is 0.816. The number of carbonyl (C=O) groups is 1. The Labute approximate surface area is 101 Å². The molecule has 5 nitrogen and oxygen atoms in total. The van der Waals surface area contributed by atoms with Gasteiger partial charge in [-0.15, -0.1) is 0 Å². The second-order valence-corrected chi connectivity index (χ2v) is 3.80. The summed E-state index contributed by atoms with van der Waals surface area (Å²) < 4.78 is 5.11. The van der Waals surface area contributed by atoms with E-state index in [-0.39, 0.29) is 11.6 Å². The van der Waals surface area contributed by atoms with Crippen molar-refractivity contribution in [2.75, 3.05) is 25.2 Å². The van der Waals surface area contributed by atoms with Gasteiger partial charge in [0, 0.05) is 19.9 Å². The molecule has 0 saturated carbocycles. The lowest BCUT2D eigenvalue weighted by molar-refractivity contribution is 0.0696. The van der Waals surface area contributed by atoms with Crippen molar-refractivity contribution in [3.8, 4) is 0 Å². The van der Waals surface area contributed by atoms with Crippen LogP contribution < -0.4 is 4.90 Å². The van der Waals surface area contributed by atoms with Gasteiger partial charge in [0.2, 0.25) is 0 Å². The number of likely N-dealkylation sites (N-methyl/N-ethyl adjacent to an activating group) is 1. The maximum atomic E-state index is 10.7. The third kappa shape index (κ3) is 3.42. The summed E-state index contributed by atoms with van der Waals surface area (Å²) in [4.78, 5) is 16.9. The Balaban J connectivity index is 2.85. The van der Waals surface area contributed by atoms with Gasteiger partial charge in [-0.2, -0.15) is 0 Å². The van der Waals surface area contributed by atoms with Gasteiger partial charge in [-0.1, -0.05) is 0 Å². The fourth-order valence-corrected chi connectivity index (χ4v) is 1.71. The summed E-state index contributed by atoms with van der Waals surface area (Å²) in [5.41, 5.74) is 0.198. The predicted molar refractivity (Wildman–Crippen MR) is 65.6 cm³/mol. The number of nitrogens with zero attached hydrogens (tertiary/aromatic N) is 2. The van der Waals surface area contributed by atoms with Crippen molar-refractivity contribution in [3.05, 3.63) is 23.9 Å². The number of rotatable bonds is 6. The topological polar surface area (TPSA) is 62.7 Å². The molecule has 0 amide bonds. The van der Waals surface area contributed by atoms with Crippen molar-refractivity contribution >= 4 is 11.8 Å². The SMILES string of the molecule is CCN(c1ccc(C(=O)O)cn1)C(C)COC. The Hall–Kier alpha value is -1.62. The van der Waals surface area contributed by atoms with E-state index in [0.717, 1.165) is 12.4 Å². The molecule has 5 heteroatoms. The summed E-state index contributed by atoms with van der Waals surface area (Å²) in [6.45, 7) is 5.47. The second kappa shape index (κ2) is 6.20. The number of methoxy groups -OCH3 is 1. The molecule has 0 radical (unpaired) electrons. The van der Waals surface area contributed by atoms with E-state index in [1.165, 1.54) is 6.20 Å². The van der Waals surface area contributed by atoms with Crippen LogP contribution in [0.4, 0.5) is 5.82 Å². The smallest absolute Gasteiger partial charge is 0.337 e. The van der Waals surface area contributed by atoms with Gasteiger partial charge in [0.05, 0.1) is 18.2 Å². The molecule has 94 valence electrons. The van der Waals surface area contributed by atoms with Gasteiger partial charge in [-0.05, 0) is 26.0 Å². The van der Waals surface area contributed by atoms with Crippen molar-refractivity contribution in [2.45, 2.75) is 19.9 Å². The first-order valence-electron chi connectivity index (χ1n) is 5.55. The number of ether oxygens (including phenoxy) is 1. The van der Waals surface area contributed by atoms with Crippen LogP contribution >= 0.6 is 0 Å². The molecule has 1 atom stereocenters. The number of carboxylic acids is 1. The zero-order valence-corrected chi connectivity index (χ0v) is 10.4. The number of hydrogen-bond acceptors (Lipinski definition) is 4. The summed E-state index contributed by atoms with van der Waals surface area (Å²) in [6.07, 6.45) is 1.37. The van der Waals surface area contributed by atoms with Gasteiger partial charge >= 0.3 is 5.97 Å². The lowest BCUT2D eigenvalue weighted by Gasteiger charge is -2.28. The first-order valence-corrected chi connectivity index (χ1v) is 5.55. The van der Waals surface area contributed by atoms with Gasteiger partial charge < -0.3 is 14.7 Å². The average molecular weight is 238 g/mol. The van der Waals surface area contributed by atoms with E-state index in [1.807, 2.05) is 13.8 Å². The largest absolute Gasteiger partial charge is 0.478 e. The summed E-state index contributed by atoms with van der Waals surface area (Å²) in [6, 6.07) is 3.49. The molecule has 0 fully saturated rings. The van der Waals surface area contributed by atoms with E-state index in [4.69, 9.17) is 9.84 Å². The maximum Gasteiger partial charge on any atom is 0.337 e. The van der Waals surface area contributed by atoms with Crippen LogP contribution in [0.5, 0.6) is 0 Å². The van der Waals surface area contributed by atoms with Gasteiger partial charge in [-0.25, -0.2) is 9.78 Å². The minimum atomic E-state index is -0.961. The molecule has 0 saturated heterocycles. The van der Waals surface area contributed by atoms with Gasteiger partial charge in [0.25, 0.3) is 0 Å². The van der Waals surface area contributed by atoms with Crippen molar-refractivity contribution in [3.63, 3.8) is 0 Å². The molecule has 0 aliphatic carbocycles. The number of hydrogen-bond donors (Lipinski definition) is 1. The first-order chi connectivity index (χ1) is 8.10. The number of anilines is 1. The van der Waals surface area contributed by atoms with Crippen LogP contribution in [0.1, 0.15) is 24.2 Å². The third-order valence-electron chi connectivity index (χ3n) is 2.57. The van der Waals surface area contributed by atoms with Crippen LogP contribution in [0.3, 0.4) is 0 Å². The van der Waals surface area contributed by atoms with Crippen LogP contribution in [-0.2, 0) is 4.74 Å². The molecule has 0 spiro atoms. The Morgan fingerprint density at radius 3 is 2.71 bits per heavy atom. The Kier molecular flexibility index (Phi) is 4.90. The van der Waals surface area contributed by atoms with E-state index in [9.17, 15) is 4.79 Å². The van der Waals surface area contributed by atoms with E-state index in [0.29, 0.717) is 6.61 Å². The molecule has 0 aromatic carbocycles. The van der Waals surface area contributed by atoms with E-state index < -0.39 is 5.97 Å². The number of aromatic carboxylic acids is 1. The average Bonchev–Trinajstić information content (AvgIpc) is 2.31. The zero-order valence-electron chi connectivity index (χ0n) is 10.4. The predicted octanol–water partition coefficient (Wildman–Crippen LogP) is 1.64. The molecule has 1 rings (SSSR count). The highest BCUT2D eigenvalue weighted by Crippen LogP contribution is 2.14. The minimum Gasteiger partial charge on any atom is -0.478 e. The van der Waals surface area contributed by atoms with Gasteiger partial charge in [0.1, 0.15) is 5.82 Å². The monoisotopic (exact) mass is 238 g/mol. The molecule has 1 aromatic heterocycles. The lowest BCUT2D eigenvalue weighted by Crippen LogP contribution is -2.36. The fraction of sp³-hybridized carbons (Fsp3) is 0.500. The van der Waals surface area contributed by atoms with E-state index in [1.54, 1.807) is 19.2 Å². The van der Waals surface area contributed by atoms with Crippen molar-refractivity contribution in [1.29, 1.82) is 0 Å². The van der Waals surface area contributed by atoms with Gasteiger partial charge in [0.15, 0.2) is 0 Å². The molecule has 17 heavy (non-hydrogen) atoms. The van der Waals surface area contributed by atoms with Crippen LogP contribution in [0.15, 0.2) is 18.3 Å². The fourth-order valence-electron chi connectivity index (χ4n) is 1.71. The molecular formula is C12H18N2O3. The van der Waals surface area contributed by atoms with Crippen LogP contribution in [0.25, 0.3) is 0 Å². The van der Waals surface area contributed by atoms with E-state index >= 15 is 0 Å². The van der Waals surface area contributed by atoms with Crippen molar-refractivity contribution in [1.82, 2.24) is 4.98 Å². The first kappa shape index (κ1) is 13.4. The van der Waals surface area contributed by atoms with Crippen LogP contribution in [-0.4, -0.2) is 42.4 Å². The highest BCUT2D eigenvalue weighted by molar-refractivity contribution is 5.87. The Bertz CT molecular complexity index is 365. The summed E-state index contributed by atoms with van der Waals surface area (Å²) >= 11 is 0. The molecule has 1 unspecified atom stereocenters.